The fraction of sp³-hybridized carbons (Fsp3) is 0.550. The maximum atomic E-state index is 12.7. The van der Waals surface area contributed by atoms with Crippen LogP contribution in [0.15, 0.2) is 24.3 Å². The zero-order valence-corrected chi connectivity index (χ0v) is 16.4. The Morgan fingerprint density at radius 3 is 2.82 bits per heavy atom. The average Bonchev–Trinajstić information content (AvgIpc) is 2.68. The van der Waals surface area contributed by atoms with Gasteiger partial charge in [0.05, 0.1) is 19.6 Å². The molecule has 1 aromatic carbocycles. The monoisotopic (exact) mass is 388 g/mol. The Balaban J connectivity index is 1.75. The number of hydrogen-bond donors (Lipinski definition) is 3. The molecule has 0 unspecified atom stereocenters. The second-order valence-corrected chi connectivity index (χ2v) is 7.21. The Morgan fingerprint density at radius 1 is 1.29 bits per heavy atom. The van der Waals surface area contributed by atoms with Gasteiger partial charge in [-0.05, 0) is 31.9 Å². The van der Waals surface area contributed by atoms with Crippen LogP contribution in [0.25, 0.3) is 0 Å². The molecule has 4 amide bonds. The lowest BCUT2D eigenvalue weighted by atomic mass is 9.85. The summed E-state index contributed by atoms with van der Waals surface area (Å²) in [6.45, 7) is 2.31. The summed E-state index contributed by atoms with van der Waals surface area (Å²) in [5.41, 5.74) is 0.584. The van der Waals surface area contributed by atoms with Gasteiger partial charge in [0.1, 0.15) is 11.8 Å². The number of carbonyl (C=O) groups is 3. The lowest BCUT2D eigenvalue weighted by molar-refractivity contribution is -0.135. The highest BCUT2D eigenvalue weighted by molar-refractivity contribution is 5.97. The van der Waals surface area contributed by atoms with Crippen molar-refractivity contribution < 1.29 is 19.1 Å². The summed E-state index contributed by atoms with van der Waals surface area (Å²) in [6.07, 6.45) is 3.63. The number of piperazine rings is 1. The molecule has 3 N–H and O–H groups in total. The highest BCUT2D eigenvalue weighted by Crippen LogP contribution is 2.29. The van der Waals surface area contributed by atoms with E-state index < -0.39 is 6.04 Å². The van der Waals surface area contributed by atoms with Gasteiger partial charge in [0.15, 0.2) is 0 Å². The largest absolute Gasteiger partial charge is 0.497 e. The molecule has 1 aromatic rings. The fourth-order valence-electron chi connectivity index (χ4n) is 4.06. The average molecular weight is 388 g/mol. The first-order valence-corrected chi connectivity index (χ1v) is 9.84. The number of carbonyl (C=O) groups excluding carboxylic acids is 3. The maximum Gasteiger partial charge on any atom is 0.318 e. The quantitative estimate of drug-likeness (QED) is 0.717. The van der Waals surface area contributed by atoms with Crippen LogP contribution in [0.5, 0.6) is 5.75 Å². The lowest BCUT2D eigenvalue weighted by Gasteiger charge is -2.47. The van der Waals surface area contributed by atoms with Crippen LogP contribution in [0.4, 0.5) is 10.5 Å². The van der Waals surface area contributed by atoms with Crippen molar-refractivity contribution in [2.75, 3.05) is 19.0 Å². The smallest absolute Gasteiger partial charge is 0.318 e. The lowest BCUT2D eigenvalue weighted by Crippen LogP contribution is -2.69. The summed E-state index contributed by atoms with van der Waals surface area (Å²) in [7, 11) is 1.55. The molecule has 3 atom stereocenters. The van der Waals surface area contributed by atoms with Gasteiger partial charge in [-0.1, -0.05) is 18.9 Å². The van der Waals surface area contributed by atoms with Crippen LogP contribution in [0.2, 0.25) is 0 Å². The molecular weight excluding hydrogens is 360 g/mol. The zero-order valence-electron chi connectivity index (χ0n) is 16.4. The molecule has 0 aromatic heterocycles. The first kappa shape index (κ1) is 20.0. The summed E-state index contributed by atoms with van der Waals surface area (Å²) in [4.78, 5) is 39.7. The molecule has 1 aliphatic heterocycles. The molecule has 1 heterocycles. The Hall–Kier alpha value is -2.77. The van der Waals surface area contributed by atoms with E-state index in [1.807, 2.05) is 6.92 Å². The number of methoxy groups -OCH3 is 1. The topological polar surface area (TPSA) is 99.8 Å². The number of anilines is 1. The van der Waals surface area contributed by atoms with Crippen LogP contribution in [-0.4, -0.2) is 54.5 Å². The number of nitrogens with zero attached hydrogens (tertiary/aromatic N) is 1. The van der Waals surface area contributed by atoms with Gasteiger partial charge in [-0.15, -0.1) is 0 Å². The van der Waals surface area contributed by atoms with Crippen molar-refractivity contribution in [3.8, 4) is 5.75 Å². The highest BCUT2D eigenvalue weighted by atomic mass is 16.5. The van der Waals surface area contributed by atoms with Crippen molar-refractivity contribution in [3.05, 3.63) is 24.3 Å². The minimum atomic E-state index is -0.823. The molecule has 8 heteroatoms. The van der Waals surface area contributed by atoms with E-state index in [9.17, 15) is 14.4 Å². The molecule has 28 heavy (non-hydrogen) atoms. The van der Waals surface area contributed by atoms with Gasteiger partial charge < -0.3 is 25.6 Å². The summed E-state index contributed by atoms with van der Waals surface area (Å²) in [5.74, 6) is 0.0364. The van der Waals surface area contributed by atoms with Crippen molar-refractivity contribution >= 4 is 23.5 Å². The van der Waals surface area contributed by atoms with Crippen LogP contribution < -0.4 is 20.7 Å². The minimum Gasteiger partial charge on any atom is -0.497 e. The maximum absolute atomic E-state index is 12.7. The number of rotatable bonds is 5. The Labute approximate surface area is 165 Å². The number of ether oxygens (including phenoxy) is 1. The molecule has 1 saturated heterocycles. The summed E-state index contributed by atoms with van der Waals surface area (Å²) >= 11 is 0. The summed E-state index contributed by atoms with van der Waals surface area (Å²) in [5, 5.41) is 8.61. The highest BCUT2D eigenvalue weighted by Gasteiger charge is 2.45. The molecule has 0 bridgehead atoms. The molecule has 152 valence electrons. The van der Waals surface area contributed by atoms with E-state index in [1.54, 1.807) is 36.3 Å². The Bertz CT molecular complexity index is 739. The number of amides is 4. The molecule has 0 radical (unpaired) electrons. The first-order chi connectivity index (χ1) is 13.5. The second-order valence-electron chi connectivity index (χ2n) is 7.21. The molecule has 8 nitrogen and oxygen atoms in total. The van der Waals surface area contributed by atoms with E-state index in [1.165, 1.54) is 0 Å². The standard InChI is InChI=1S/C20H28N4O4/c1-3-21-20(27)24-16-10-5-4-9-15(16)23-19(26)17(24)12-18(25)22-13-7-6-8-14(11-13)28-2/h6-8,11,15-17H,3-5,9-10,12H2,1-2H3,(H,21,27)(H,22,25)(H,23,26)/t15-,16+,17-/m0/s1. The van der Waals surface area contributed by atoms with Crippen molar-refractivity contribution in [2.24, 2.45) is 0 Å². The molecule has 1 saturated carbocycles. The first-order valence-electron chi connectivity index (χ1n) is 9.84. The van der Waals surface area contributed by atoms with Crippen molar-refractivity contribution in [1.29, 1.82) is 0 Å². The van der Waals surface area contributed by atoms with Gasteiger partial charge in [0.2, 0.25) is 11.8 Å². The van der Waals surface area contributed by atoms with Gasteiger partial charge >= 0.3 is 6.03 Å². The SMILES string of the molecule is CCNC(=O)N1[C@@H]2CCCC[C@@H]2NC(=O)[C@@H]1CC(=O)Nc1cccc(OC)c1. The van der Waals surface area contributed by atoms with Crippen molar-refractivity contribution in [3.63, 3.8) is 0 Å². The third-order valence-corrected chi connectivity index (χ3v) is 5.35. The predicted molar refractivity (Wildman–Crippen MR) is 105 cm³/mol. The number of nitrogens with one attached hydrogen (secondary N) is 3. The van der Waals surface area contributed by atoms with Gasteiger partial charge in [0.25, 0.3) is 0 Å². The number of fused-ring (bicyclic) bond motifs is 1. The number of benzene rings is 1. The van der Waals surface area contributed by atoms with Crippen LogP contribution in [-0.2, 0) is 9.59 Å². The van der Waals surface area contributed by atoms with Crippen molar-refractivity contribution in [1.82, 2.24) is 15.5 Å². The Morgan fingerprint density at radius 2 is 2.07 bits per heavy atom. The molecular formula is C20H28N4O4. The number of hydrogen-bond acceptors (Lipinski definition) is 4. The van der Waals surface area contributed by atoms with Gasteiger partial charge in [-0.3, -0.25) is 9.59 Å². The second kappa shape index (κ2) is 8.95. The summed E-state index contributed by atoms with van der Waals surface area (Å²) in [6, 6.07) is 5.79. The van der Waals surface area contributed by atoms with E-state index in [2.05, 4.69) is 16.0 Å². The van der Waals surface area contributed by atoms with E-state index in [0.29, 0.717) is 18.0 Å². The van der Waals surface area contributed by atoms with E-state index >= 15 is 0 Å². The zero-order chi connectivity index (χ0) is 20.1. The van der Waals surface area contributed by atoms with Crippen molar-refractivity contribution in [2.45, 2.75) is 57.2 Å². The van der Waals surface area contributed by atoms with Crippen LogP contribution >= 0.6 is 0 Å². The molecule has 2 aliphatic rings. The molecule has 1 aliphatic carbocycles. The van der Waals surface area contributed by atoms with Gasteiger partial charge in [-0.2, -0.15) is 0 Å². The molecule has 2 fully saturated rings. The van der Waals surface area contributed by atoms with Crippen LogP contribution in [0.1, 0.15) is 39.0 Å². The molecule has 3 rings (SSSR count). The predicted octanol–water partition coefficient (Wildman–Crippen LogP) is 1.86. The third-order valence-electron chi connectivity index (χ3n) is 5.35. The third kappa shape index (κ3) is 4.37. The van der Waals surface area contributed by atoms with E-state index in [4.69, 9.17) is 4.74 Å². The normalized spacial score (nSPS) is 24.0. The van der Waals surface area contributed by atoms with E-state index in [0.717, 1.165) is 25.7 Å². The minimum absolute atomic E-state index is 0.0402. The van der Waals surface area contributed by atoms with Crippen LogP contribution in [0.3, 0.4) is 0 Å². The summed E-state index contributed by atoms with van der Waals surface area (Å²) < 4.78 is 5.16. The van der Waals surface area contributed by atoms with Crippen LogP contribution in [0, 0.1) is 0 Å². The van der Waals surface area contributed by atoms with Gasteiger partial charge in [-0.25, -0.2) is 4.79 Å². The van der Waals surface area contributed by atoms with Gasteiger partial charge in [0, 0.05) is 24.3 Å². The Kier molecular flexibility index (Phi) is 6.38. The van der Waals surface area contributed by atoms with E-state index in [-0.39, 0.29) is 36.3 Å². The molecule has 0 spiro atoms. The fourth-order valence-corrected chi connectivity index (χ4v) is 4.06. The number of urea groups is 1.